The van der Waals surface area contributed by atoms with E-state index in [9.17, 15) is 0 Å². The van der Waals surface area contributed by atoms with Gasteiger partial charge in [0, 0.05) is 19.0 Å². The standard InChI is InChI=1S/C18H33N5O/c1-18(2,3)16-22-15(23-24-16)13-21-17(19-4)20-12-8-11-14-9-6-5-7-10-14/h14H,5-13H2,1-4H3,(H2,19,20,21). The predicted octanol–water partition coefficient (Wildman–Crippen LogP) is 3.39. The summed E-state index contributed by atoms with van der Waals surface area (Å²) in [6.45, 7) is 7.65. The van der Waals surface area contributed by atoms with E-state index in [1.807, 2.05) is 0 Å². The molecule has 1 aromatic rings. The highest BCUT2D eigenvalue weighted by atomic mass is 16.5. The Morgan fingerprint density at radius 2 is 1.96 bits per heavy atom. The normalized spacial score (nSPS) is 17.1. The van der Waals surface area contributed by atoms with Crippen molar-refractivity contribution in [3.63, 3.8) is 0 Å². The molecule has 2 rings (SSSR count). The van der Waals surface area contributed by atoms with Gasteiger partial charge in [0.1, 0.15) is 0 Å². The number of nitrogens with one attached hydrogen (secondary N) is 2. The highest BCUT2D eigenvalue weighted by Crippen LogP contribution is 2.26. The lowest BCUT2D eigenvalue weighted by atomic mass is 9.86. The molecule has 1 aliphatic rings. The first kappa shape index (κ1) is 18.7. The van der Waals surface area contributed by atoms with Crippen LogP contribution >= 0.6 is 0 Å². The molecule has 0 radical (unpaired) electrons. The van der Waals surface area contributed by atoms with Crippen molar-refractivity contribution >= 4 is 5.96 Å². The highest BCUT2D eigenvalue weighted by molar-refractivity contribution is 5.79. The molecule has 0 unspecified atom stereocenters. The summed E-state index contributed by atoms with van der Waals surface area (Å²) in [4.78, 5) is 8.67. The molecule has 1 fully saturated rings. The van der Waals surface area contributed by atoms with Crippen LogP contribution < -0.4 is 10.6 Å². The van der Waals surface area contributed by atoms with Crippen molar-refractivity contribution in [1.29, 1.82) is 0 Å². The summed E-state index contributed by atoms with van der Waals surface area (Å²) in [7, 11) is 1.78. The van der Waals surface area contributed by atoms with Crippen LogP contribution in [0.4, 0.5) is 0 Å². The second-order valence-electron chi connectivity index (χ2n) is 7.76. The second-order valence-corrected chi connectivity index (χ2v) is 7.76. The van der Waals surface area contributed by atoms with Gasteiger partial charge in [-0.1, -0.05) is 58.0 Å². The minimum atomic E-state index is -0.121. The first-order valence-corrected chi connectivity index (χ1v) is 9.26. The lowest BCUT2D eigenvalue weighted by molar-refractivity contribution is 0.318. The van der Waals surface area contributed by atoms with E-state index in [2.05, 4.69) is 46.5 Å². The molecule has 0 aliphatic heterocycles. The van der Waals surface area contributed by atoms with Crippen LogP contribution in [0.2, 0.25) is 0 Å². The number of hydrogen-bond donors (Lipinski definition) is 2. The first-order valence-electron chi connectivity index (χ1n) is 9.26. The van der Waals surface area contributed by atoms with Gasteiger partial charge in [-0.25, -0.2) is 0 Å². The maximum Gasteiger partial charge on any atom is 0.232 e. The number of hydrogen-bond acceptors (Lipinski definition) is 4. The molecule has 0 spiro atoms. The van der Waals surface area contributed by atoms with E-state index >= 15 is 0 Å². The molecule has 0 aromatic carbocycles. The Morgan fingerprint density at radius 1 is 1.21 bits per heavy atom. The summed E-state index contributed by atoms with van der Waals surface area (Å²) in [5, 5.41) is 10.6. The zero-order valence-electron chi connectivity index (χ0n) is 15.7. The molecule has 6 nitrogen and oxygen atoms in total. The van der Waals surface area contributed by atoms with E-state index in [-0.39, 0.29) is 5.41 Å². The monoisotopic (exact) mass is 335 g/mol. The summed E-state index contributed by atoms with van der Waals surface area (Å²) in [6, 6.07) is 0. The van der Waals surface area contributed by atoms with Crippen LogP contribution in [0.1, 0.15) is 77.4 Å². The molecule has 24 heavy (non-hydrogen) atoms. The van der Waals surface area contributed by atoms with E-state index in [1.54, 1.807) is 7.05 Å². The molecule has 0 atom stereocenters. The maximum absolute atomic E-state index is 5.30. The molecule has 1 aliphatic carbocycles. The fourth-order valence-electron chi connectivity index (χ4n) is 3.09. The van der Waals surface area contributed by atoms with Gasteiger partial charge in [-0.3, -0.25) is 4.99 Å². The van der Waals surface area contributed by atoms with Crippen LogP contribution in [-0.2, 0) is 12.0 Å². The highest BCUT2D eigenvalue weighted by Gasteiger charge is 2.21. The lowest BCUT2D eigenvalue weighted by Crippen LogP contribution is -2.37. The van der Waals surface area contributed by atoms with Gasteiger partial charge in [0.2, 0.25) is 5.89 Å². The summed E-state index contributed by atoms with van der Waals surface area (Å²) < 4.78 is 5.30. The van der Waals surface area contributed by atoms with Crippen molar-refractivity contribution in [2.75, 3.05) is 13.6 Å². The fraction of sp³-hybridized carbons (Fsp3) is 0.833. The fourth-order valence-corrected chi connectivity index (χ4v) is 3.09. The SMILES string of the molecule is CN=C(NCCCC1CCCCC1)NCc1noc(C(C)(C)C)n1. The number of nitrogens with zero attached hydrogens (tertiary/aromatic N) is 3. The molecule has 1 aromatic heterocycles. The Balaban J connectivity index is 1.66. The number of aromatic nitrogens is 2. The van der Waals surface area contributed by atoms with Crippen molar-refractivity contribution < 1.29 is 4.52 Å². The predicted molar refractivity (Wildman–Crippen MR) is 97.0 cm³/mol. The van der Waals surface area contributed by atoms with Crippen molar-refractivity contribution in [3.8, 4) is 0 Å². The molecule has 1 saturated carbocycles. The van der Waals surface area contributed by atoms with Gasteiger partial charge in [0.05, 0.1) is 6.54 Å². The molecule has 2 N–H and O–H groups in total. The topological polar surface area (TPSA) is 75.3 Å². The van der Waals surface area contributed by atoms with Gasteiger partial charge in [-0.05, 0) is 18.8 Å². The van der Waals surface area contributed by atoms with Gasteiger partial charge >= 0.3 is 0 Å². The molecule has 0 saturated heterocycles. The smallest absolute Gasteiger partial charge is 0.232 e. The largest absolute Gasteiger partial charge is 0.356 e. The zero-order valence-corrected chi connectivity index (χ0v) is 15.7. The number of aliphatic imine (C=N–C) groups is 1. The van der Waals surface area contributed by atoms with Gasteiger partial charge in [0.15, 0.2) is 11.8 Å². The van der Waals surface area contributed by atoms with Crippen LogP contribution in [-0.4, -0.2) is 29.7 Å². The maximum atomic E-state index is 5.30. The Kier molecular flexibility index (Phi) is 7.06. The van der Waals surface area contributed by atoms with Gasteiger partial charge in [0.25, 0.3) is 0 Å². The molecule has 0 bridgehead atoms. The van der Waals surface area contributed by atoms with E-state index in [0.717, 1.165) is 18.4 Å². The van der Waals surface area contributed by atoms with Gasteiger partial charge in [-0.15, -0.1) is 0 Å². The Bertz CT molecular complexity index is 512. The van der Waals surface area contributed by atoms with E-state index in [1.165, 1.54) is 44.9 Å². The van der Waals surface area contributed by atoms with Crippen LogP contribution in [0.15, 0.2) is 9.52 Å². The third-order valence-corrected chi connectivity index (χ3v) is 4.55. The molecule has 6 heteroatoms. The second kappa shape index (κ2) is 9.04. The zero-order chi connectivity index (χ0) is 17.4. The average Bonchev–Trinajstić information content (AvgIpc) is 3.04. The average molecular weight is 335 g/mol. The van der Waals surface area contributed by atoms with E-state index < -0.39 is 0 Å². The summed E-state index contributed by atoms with van der Waals surface area (Å²) in [5.41, 5.74) is -0.121. The lowest BCUT2D eigenvalue weighted by Gasteiger charge is -2.21. The van der Waals surface area contributed by atoms with Crippen LogP contribution in [0.5, 0.6) is 0 Å². The molecule has 1 heterocycles. The van der Waals surface area contributed by atoms with Crippen molar-refractivity contribution in [3.05, 3.63) is 11.7 Å². The van der Waals surface area contributed by atoms with Crippen molar-refractivity contribution in [2.24, 2.45) is 10.9 Å². The summed E-state index contributed by atoms with van der Waals surface area (Å²) >= 11 is 0. The summed E-state index contributed by atoms with van der Waals surface area (Å²) in [6.07, 6.45) is 9.62. The quantitative estimate of drug-likeness (QED) is 0.473. The minimum absolute atomic E-state index is 0.121. The Labute approximate surface area is 145 Å². The molecule has 136 valence electrons. The van der Waals surface area contributed by atoms with Crippen LogP contribution in [0, 0.1) is 5.92 Å². The van der Waals surface area contributed by atoms with Crippen molar-refractivity contribution in [2.45, 2.75) is 77.7 Å². The number of rotatable bonds is 6. The van der Waals surface area contributed by atoms with E-state index in [4.69, 9.17) is 4.52 Å². The summed E-state index contributed by atoms with van der Waals surface area (Å²) in [5.74, 6) is 3.05. The minimum Gasteiger partial charge on any atom is -0.356 e. The molecular formula is C18H33N5O. The van der Waals surface area contributed by atoms with Gasteiger partial charge in [-0.2, -0.15) is 4.98 Å². The van der Waals surface area contributed by atoms with Gasteiger partial charge < -0.3 is 15.2 Å². The van der Waals surface area contributed by atoms with Crippen LogP contribution in [0.3, 0.4) is 0 Å². The molecular weight excluding hydrogens is 302 g/mol. The van der Waals surface area contributed by atoms with Crippen LogP contribution in [0.25, 0.3) is 0 Å². The van der Waals surface area contributed by atoms with Crippen molar-refractivity contribution in [1.82, 2.24) is 20.8 Å². The van der Waals surface area contributed by atoms with E-state index in [0.29, 0.717) is 18.3 Å². The third kappa shape index (κ3) is 6.13. The molecule has 0 amide bonds. The number of guanidine groups is 1. The Hall–Kier alpha value is -1.59. The first-order chi connectivity index (χ1) is 11.5. The Morgan fingerprint density at radius 3 is 2.58 bits per heavy atom. The third-order valence-electron chi connectivity index (χ3n) is 4.55.